The molecule has 1 atom stereocenters. The Labute approximate surface area is 82.1 Å². The van der Waals surface area contributed by atoms with Crippen molar-refractivity contribution in [2.45, 2.75) is 18.9 Å². The van der Waals surface area contributed by atoms with Crippen LogP contribution in [0.1, 0.15) is 12.8 Å². The molecule has 1 N–H and O–H groups in total. The van der Waals surface area contributed by atoms with Crippen LogP contribution < -0.4 is 5.32 Å². The molecule has 0 aromatic carbocycles. The van der Waals surface area contributed by atoms with Crippen molar-refractivity contribution in [3.8, 4) is 0 Å². The summed E-state index contributed by atoms with van der Waals surface area (Å²) < 4.78 is 0. The molecule has 3 heteroatoms. The van der Waals surface area contributed by atoms with Crippen molar-refractivity contribution in [2.24, 2.45) is 0 Å². The fraction of sp³-hybridized carbons (Fsp3) is 1.00. The summed E-state index contributed by atoms with van der Waals surface area (Å²) >= 11 is 0. The lowest BCUT2D eigenvalue weighted by Crippen LogP contribution is -2.40. The molecule has 0 aliphatic carbocycles. The highest BCUT2D eigenvalue weighted by molar-refractivity contribution is 4.80. The predicted octanol–water partition coefficient (Wildman–Crippen LogP) is 0.232. The largest absolute Gasteiger partial charge is 0.318 e. The van der Waals surface area contributed by atoms with Crippen molar-refractivity contribution in [2.75, 3.05) is 47.3 Å². The SMILES string of the molecule is CNCCN1CCCC1CN(C)C. The summed E-state index contributed by atoms with van der Waals surface area (Å²) in [6.07, 6.45) is 2.75. The van der Waals surface area contributed by atoms with Gasteiger partial charge in [0.2, 0.25) is 0 Å². The Bertz CT molecular complexity index is 136. The minimum Gasteiger partial charge on any atom is -0.318 e. The lowest BCUT2D eigenvalue weighted by atomic mass is 10.2. The standard InChI is InChI=1S/C10H23N3/c1-11-6-8-13-7-4-5-10(13)9-12(2)3/h10-11H,4-9H2,1-3H3. The zero-order chi connectivity index (χ0) is 9.68. The third-order valence-corrected chi connectivity index (χ3v) is 2.72. The molecule has 0 bridgehead atoms. The summed E-state index contributed by atoms with van der Waals surface area (Å²) in [6, 6.07) is 0.795. The van der Waals surface area contributed by atoms with Crippen LogP contribution >= 0.6 is 0 Å². The number of hydrogen-bond donors (Lipinski definition) is 1. The molecule has 1 aliphatic rings. The lowest BCUT2D eigenvalue weighted by molar-refractivity contribution is 0.209. The zero-order valence-corrected chi connectivity index (χ0v) is 9.21. The molecular weight excluding hydrogens is 162 g/mol. The first kappa shape index (κ1) is 11.0. The maximum Gasteiger partial charge on any atom is 0.0223 e. The Morgan fingerprint density at radius 3 is 2.85 bits per heavy atom. The van der Waals surface area contributed by atoms with E-state index in [1.165, 1.54) is 32.5 Å². The van der Waals surface area contributed by atoms with Crippen LogP contribution in [-0.4, -0.2) is 63.2 Å². The van der Waals surface area contributed by atoms with Crippen molar-refractivity contribution in [3.63, 3.8) is 0 Å². The minimum absolute atomic E-state index is 0.795. The molecule has 3 nitrogen and oxygen atoms in total. The van der Waals surface area contributed by atoms with Gasteiger partial charge < -0.3 is 10.2 Å². The maximum absolute atomic E-state index is 3.21. The average molecular weight is 185 g/mol. The van der Waals surface area contributed by atoms with Gasteiger partial charge in [-0.2, -0.15) is 0 Å². The fourth-order valence-corrected chi connectivity index (χ4v) is 2.07. The highest BCUT2D eigenvalue weighted by Gasteiger charge is 2.23. The van der Waals surface area contributed by atoms with E-state index >= 15 is 0 Å². The molecule has 0 spiro atoms. The topological polar surface area (TPSA) is 18.5 Å². The zero-order valence-electron chi connectivity index (χ0n) is 9.21. The summed E-state index contributed by atoms with van der Waals surface area (Å²) in [5.41, 5.74) is 0. The van der Waals surface area contributed by atoms with E-state index in [9.17, 15) is 0 Å². The van der Waals surface area contributed by atoms with Gasteiger partial charge >= 0.3 is 0 Å². The van der Waals surface area contributed by atoms with Crippen LogP contribution in [0.3, 0.4) is 0 Å². The Morgan fingerprint density at radius 1 is 1.46 bits per heavy atom. The van der Waals surface area contributed by atoms with E-state index in [4.69, 9.17) is 0 Å². The summed E-state index contributed by atoms with van der Waals surface area (Å²) in [7, 11) is 6.35. The van der Waals surface area contributed by atoms with Crippen molar-refractivity contribution in [3.05, 3.63) is 0 Å². The fourth-order valence-electron chi connectivity index (χ4n) is 2.07. The monoisotopic (exact) mass is 185 g/mol. The van der Waals surface area contributed by atoms with E-state index in [2.05, 4.69) is 29.2 Å². The van der Waals surface area contributed by atoms with Gasteiger partial charge in [0.05, 0.1) is 0 Å². The molecule has 0 radical (unpaired) electrons. The maximum atomic E-state index is 3.21. The molecule has 1 aliphatic heterocycles. The molecule has 1 heterocycles. The number of likely N-dealkylation sites (tertiary alicyclic amines) is 1. The van der Waals surface area contributed by atoms with Crippen LogP contribution in [0.2, 0.25) is 0 Å². The first-order chi connectivity index (χ1) is 6.24. The quantitative estimate of drug-likeness (QED) is 0.661. The number of likely N-dealkylation sites (N-methyl/N-ethyl adjacent to an activating group) is 2. The smallest absolute Gasteiger partial charge is 0.0223 e. The normalized spacial score (nSPS) is 24.5. The number of nitrogens with zero attached hydrogens (tertiary/aromatic N) is 2. The third-order valence-electron chi connectivity index (χ3n) is 2.72. The van der Waals surface area contributed by atoms with Crippen LogP contribution in [0.25, 0.3) is 0 Å². The van der Waals surface area contributed by atoms with E-state index in [0.29, 0.717) is 0 Å². The number of nitrogens with one attached hydrogen (secondary N) is 1. The second-order valence-corrected chi connectivity index (χ2v) is 4.20. The minimum atomic E-state index is 0.795. The molecule has 0 amide bonds. The Balaban J connectivity index is 2.26. The Hall–Kier alpha value is -0.120. The van der Waals surface area contributed by atoms with E-state index in [0.717, 1.165) is 12.6 Å². The number of hydrogen-bond acceptors (Lipinski definition) is 3. The second kappa shape index (κ2) is 5.58. The first-order valence-electron chi connectivity index (χ1n) is 5.27. The molecule has 0 aromatic heterocycles. The van der Waals surface area contributed by atoms with E-state index in [1.54, 1.807) is 0 Å². The van der Waals surface area contributed by atoms with Gasteiger partial charge in [0.15, 0.2) is 0 Å². The highest BCUT2D eigenvalue weighted by Crippen LogP contribution is 2.16. The molecule has 1 rings (SSSR count). The Morgan fingerprint density at radius 2 is 2.23 bits per heavy atom. The Kier molecular flexibility index (Phi) is 4.70. The molecule has 1 saturated heterocycles. The lowest BCUT2D eigenvalue weighted by Gasteiger charge is -2.26. The van der Waals surface area contributed by atoms with Crippen molar-refractivity contribution in [1.82, 2.24) is 15.1 Å². The van der Waals surface area contributed by atoms with Gasteiger partial charge in [-0.15, -0.1) is 0 Å². The van der Waals surface area contributed by atoms with Crippen LogP contribution in [0.4, 0.5) is 0 Å². The van der Waals surface area contributed by atoms with Gasteiger partial charge in [0.1, 0.15) is 0 Å². The molecule has 13 heavy (non-hydrogen) atoms. The van der Waals surface area contributed by atoms with Gasteiger partial charge in [-0.25, -0.2) is 0 Å². The van der Waals surface area contributed by atoms with Crippen molar-refractivity contribution >= 4 is 0 Å². The summed E-state index contributed by atoms with van der Waals surface area (Å²) in [5, 5.41) is 3.21. The van der Waals surface area contributed by atoms with Crippen molar-refractivity contribution < 1.29 is 0 Å². The van der Waals surface area contributed by atoms with Gasteiger partial charge in [0, 0.05) is 25.7 Å². The van der Waals surface area contributed by atoms with Gasteiger partial charge in [-0.1, -0.05) is 0 Å². The van der Waals surface area contributed by atoms with Crippen LogP contribution in [0.15, 0.2) is 0 Å². The number of rotatable bonds is 5. The summed E-state index contributed by atoms with van der Waals surface area (Å²) in [4.78, 5) is 4.90. The van der Waals surface area contributed by atoms with Crippen LogP contribution in [-0.2, 0) is 0 Å². The molecule has 0 saturated carbocycles. The predicted molar refractivity (Wildman–Crippen MR) is 57.1 cm³/mol. The molecule has 1 unspecified atom stereocenters. The first-order valence-corrected chi connectivity index (χ1v) is 5.27. The summed E-state index contributed by atoms with van der Waals surface area (Å²) in [5.74, 6) is 0. The molecule has 78 valence electrons. The molecule has 1 fully saturated rings. The van der Waals surface area contributed by atoms with Gasteiger partial charge in [-0.05, 0) is 40.5 Å². The van der Waals surface area contributed by atoms with Crippen molar-refractivity contribution in [1.29, 1.82) is 0 Å². The van der Waals surface area contributed by atoms with Gasteiger partial charge in [-0.3, -0.25) is 4.90 Å². The average Bonchev–Trinajstić information content (AvgIpc) is 2.48. The second-order valence-electron chi connectivity index (χ2n) is 4.20. The van der Waals surface area contributed by atoms with Crippen LogP contribution in [0.5, 0.6) is 0 Å². The van der Waals surface area contributed by atoms with Crippen LogP contribution in [0, 0.1) is 0 Å². The van der Waals surface area contributed by atoms with E-state index in [1.807, 2.05) is 7.05 Å². The molecular formula is C10H23N3. The highest BCUT2D eigenvalue weighted by atomic mass is 15.2. The summed E-state index contributed by atoms with van der Waals surface area (Å²) in [6.45, 7) is 4.82. The van der Waals surface area contributed by atoms with Gasteiger partial charge in [0.25, 0.3) is 0 Å². The molecule has 0 aromatic rings. The van der Waals surface area contributed by atoms with E-state index < -0.39 is 0 Å². The third kappa shape index (κ3) is 3.63. The van der Waals surface area contributed by atoms with E-state index in [-0.39, 0.29) is 0 Å².